The standard InChI is InChI=1S/C11H21NO2/c1-9-10(4-7-14-9)12-8-11(13)5-2-3-6-11/h9-10,12-13H,2-8H2,1H3. The minimum Gasteiger partial charge on any atom is -0.389 e. The second kappa shape index (κ2) is 4.17. The first-order valence-electron chi connectivity index (χ1n) is 5.77. The van der Waals surface area contributed by atoms with Crippen LogP contribution in [0.1, 0.15) is 39.0 Å². The third kappa shape index (κ3) is 2.27. The molecule has 1 saturated heterocycles. The van der Waals surface area contributed by atoms with Gasteiger partial charge < -0.3 is 15.2 Å². The van der Waals surface area contributed by atoms with Gasteiger partial charge in [-0.15, -0.1) is 0 Å². The quantitative estimate of drug-likeness (QED) is 0.714. The molecule has 2 atom stereocenters. The summed E-state index contributed by atoms with van der Waals surface area (Å²) in [6.45, 7) is 3.70. The molecule has 3 heteroatoms. The summed E-state index contributed by atoms with van der Waals surface area (Å²) < 4.78 is 5.47. The van der Waals surface area contributed by atoms with E-state index >= 15 is 0 Å². The molecule has 3 nitrogen and oxygen atoms in total. The molecule has 0 aromatic rings. The Hall–Kier alpha value is -0.120. The molecular weight excluding hydrogens is 178 g/mol. The van der Waals surface area contributed by atoms with E-state index in [0.29, 0.717) is 12.1 Å². The van der Waals surface area contributed by atoms with Crippen LogP contribution >= 0.6 is 0 Å². The smallest absolute Gasteiger partial charge is 0.0771 e. The van der Waals surface area contributed by atoms with Gasteiger partial charge in [0.05, 0.1) is 11.7 Å². The Labute approximate surface area is 85.8 Å². The van der Waals surface area contributed by atoms with Crippen LogP contribution in [-0.2, 0) is 4.74 Å². The van der Waals surface area contributed by atoms with Gasteiger partial charge in [-0.3, -0.25) is 0 Å². The van der Waals surface area contributed by atoms with Gasteiger partial charge in [0.15, 0.2) is 0 Å². The van der Waals surface area contributed by atoms with Crippen LogP contribution < -0.4 is 5.32 Å². The monoisotopic (exact) mass is 199 g/mol. The van der Waals surface area contributed by atoms with Crippen LogP contribution in [0.4, 0.5) is 0 Å². The Morgan fingerprint density at radius 1 is 1.43 bits per heavy atom. The van der Waals surface area contributed by atoms with E-state index in [4.69, 9.17) is 4.74 Å². The molecule has 0 bridgehead atoms. The molecule has 14 heavy (non-hydrogen) atoms. The molecule has 82 valence electrons. The number of nitrogens with one attached hydrogen (secondary N) is 1. The van der Waals surface area contributed by atoms with Gasteiger partial charge >= 0.3 is 0 Å². The molecule has 1 heterocycles. The maximum absolute atomic E-state index is 10.1. The molecule has 1 saturated carbocycles. The summed E-state index contributed by atoms with van der Waals surface area (Å²) in [4.78, 5) is 0. The number of hydrogen-bond acceptors (Lipinski definition) is 3. The van der Waals surface area contributed by atoms with Crippen molar-refractivity contribution in [2.24, 2.45) is 0 Å². The zero-order valence-electron chi connectivity index (χ0n) is 8.96. The second-order valence-corrected chi connectivity index (χ2v) is 4.78. The number of rotatable bonds is 3. The van der Waals surface area contributed by atoms with E-state index in [-0.39, 0.29) is 0 Å². The molecule has 0 aromatic carbocycles. The summed E-state index contributed by atoms with van der Waals surface area (Å²) in [7, 11) is 0. The van der Waals surface area contributed by atoms with Gasteiger partial charge in [0.25, 0.3) is 0 Å². The van der Waals surface area contributed by atoms with E-state index < -0.39 is 5.60 Å². The molecular formula is C11H21NO2. The van der Waals surface area contributed by atoms with Crippen LogP contribution in [0.2, 0.25) is 0 Å². The van der Waals surface area contributed by atoms with Crippen LogP contribution in [0, 0.1) is 0 Å². The van der Waals surface area contributed by atoms with Gasteiger partial charge in [0.2, 0.25) is 0 Å². The van der Waals surface area contributed by atoms with E-state index in [2.05, 4.69) is 12.2 Å². The van der Waals surface area contributed by atoms with Crippen LogP contribution in [0.3, 0.4) is 0 Å². The van der Waals surface area contributed by atoms with Gasteiger partial charge in [-0.05, 0) is 26.2 Å². The summed E-state index contributed by atoms with van der Waals surface area (Å²) in [5.74, 6) is 0. The highest BCUT2D eigenvalue weighted by Gasteiger charge is 2.33. The fourth-order valence-corrected chi connectivity index (χ4v) is 2.53. The third-order valence-corrected chi connectivity index (χ3v) is 3.60. The maximum atomic E-state index is 10.1. The van der Waals surface area contributed by atoms with Crippen molar-refractivity contribution in [1.82, 2.24) is 5.32 Å². The van der Waals surface area contributed by atoms with Gasteiger partial charge in [-0.1, -0.05) is 12.8 Å². The van der Waals surface area contributed by atoms with Crippen LogP contribution in [0.15, 0.2) is 0 Å². The molecule has 2 N–H and O–H groups in total. The van der Waals surface area contributed by atoms with Crippen LogP contribution in [0.5, 0.6) is 0 Å². The van der Waals surface area contributed by atoms with Crippen LogP contribution in [0.25, 0.3) is 0 Å². The second-order valence-electron chi connectivity index (χ2n) is 4.78. The molecule has 0 spiro atoms. The largest absolute Gasteiger partial charge is 0.389 e. The SMILES string of the molecule is CC1OCCC1NCC1(O)CCCC1. The Morgan fingerprint density at radius 3 is 2.71 bits per heavy atom. The first-order chi connectivity index (χ1) is 6.70. The van der Waals surface area contributed by atoms with Crippen molar-refractivity contribution in [2.45, 2.75) is 56.8 Å². The molecule has 1 aliphatic heterocycles. The summed E-state index contributed by atoms with van der Waals surface area (Å²) >= 11 is 0. The molecule has 2 fully saturated rings. The lowest BCUT2D eigenvalue weighted by Crippen LogP contribution is -2.45. The number of ether oxygens (including phenoxy) is 1. The van der Waals surface area contributed by atoms with E-state index in [1.165, 1.54) is 12.8 Å². The van der Waals surface area contributed by atoms with Gasteiger partial charge in [-0.2, -0.15) is 0 Å². The summed E-state index contributed by atoms with van der Waals surface area (Å²) in [5.41, 5.74) is -0.428. The topological polar surface area (TPSA) is 41.5 Å². The lowest BCUT2D eigenvalue weighted by atomic mass is 10.0. The van der Waals surface area contributed by atoms with Crippen molar-refractivity contribution < 1.29 is 9.84 Å². The first kappa shape index (κ1) is 10.4. The Balaban J connectivity index is 1.75. The van der Waals surface area contributed by atoms with Crippen molar-refractivity contribution in [3.8, 4) is 0 Å². The fourth-order valence-electron chi connectivity index (χ4n) is 2.53. The average molecular weight is 199 g/mol. The Morgan fingerprint density at radius 2 is 2.14 bits per heavy atom. The average Bonchev–Trinajstić information content (AvgIpc) is 2.73. The van der Waals surface area contributed by atoms with E-state index in [1.807, 2.05) is 0 Å². The van der Waals surface area contributed by atoms with E-state index in [0.717, 1.165) is 32.4 Å². The summed E-state index contributed by atoms with van der Waals surface area (Å²) in [6.07, 6.45) is 5.66. The first-order valence-corrected chi connectivity index (χ1v) is 5.77. The highest BCUT2D eigenvalue weighted by atomic mass is 16.5. The van der Waals surface area contributed by atoms with Crippen molar-refractivity contribution in [3.05, 3.63) is 0 Å². The summed E-state index contributed by atoms with van der Waals surface area (Å²) in [6, 6.07) is 0.444. The zero-order chi connectivity index (χ0) is 10.0. The number of hydrogen-bond donors (Lipinski definition) is 2. The Bertz CT molecular complexity index is 190. The summed E-state index contributed by atoms with van der Waals surface area (Å²) in [5, 5.41) is 13.6. The molecule has 0 aromatic heterocycles. The van der Waals surface area contributed by atoms with Gasteiger partial charge in [0, 0.05) is 19.2 Å². The predicted octanol–water partition coefficient (Wildman–Crippen LogP) is 1.06. The van der Waals surface area contributed by atoms with Crippen molar-refractivity contribution >= 4 is 0 Å². The zero-order valence-corrected chi connectivity index (χ0v) is 8.96. The minimum absolute atomic E-state index is 0.306. The van der Waals surface area contributed by atoms with Gasteiger partial charge in [0.1, 0.15) is 0 Å². The van der Waals surface area contributed by atoms with E-state index in [1.54, 1.807) is 0 Å². The highest BCUT2D eigenvalue weighted by Crippen LogP contribution is 2.29. The van der Waals surface area contributed by atoms with E-state index in [9.17, 15) is 5.11 Å². The highest BCUT2D eigenvalue weighted by molar-refractivity contribution is 4.89. The predicted molar refractivity (Wildman–Crippen MR) is 55.2 cm³/mol. The van der Waals surface area contributed by atoms with Crippen molar-refractivity contribution in [1.29, 1.82) is 0 Å². The lowest BCUT2D eigenvalue weighted by molar-refractivity contribution is 0.0402. The van der Waals surface area contributed by atoms with Crippen molar-refractivity contribution in [2.75, 3.05) is 13.2 Å². The third-order valence-electron chi connectivity index (χ3n) is 3.60. The molecule has 2 rings (SSSR count). The normalized spacial score (nSPS) is 36.4. The van der Waals surface area contributed by atoms with Crippen molar-refractivity contribution in [3.63, 3.8) is 0 Å². The maximum Gasteiger partial charge on any atom is 0.0771 e. The Kier molecular flexibility index (Phi) is 3.10. The van der Waals surface area contributed by atoms with Gasteiger partial charge in [-0.25, -0.2) is 0 Å². The molecule has 1 aliphatic carbocycles. The minimum atomic E-state index is -0.428. The molecule has 2 aliphatic rings. The fraction of sp³-hybridized carbons (Fsp3) is 1.00. The molecule has 0 amide bonds. The van der Waals surface area contributed by atoms with Crippen LogP contribution in [-0.4, -0.2) is 36.0 Å². The number of aliphatic hydroxyl groups is 1. The molecule has 0 radical (unpaired) electrons. The lowest BCUT2D eigenvalue weighted by Gasteiger charge is -2.26. The molecule has 2 unspecified atom stereocenters.